The fraction of sp³-hybridized carbons (Fsp3) is 0.480. The first-order valence-corrected chi connectivity index (χ1v) is 11.4. The maximum atomic E-state index is 13.5. The van der Waals surface area contributed by atoms with Gasteiger partial charge in [0.1, 0.15) is 5.82 Å². The van der Waals surface area contributed by atoms with E-state index in [1.54, 1.807) is 6.08 Å². The van der Waals surface area contributed by atoms with Crippen molar-refractivity contribution < 1.29 is 29.3 Å². The van der Waals surface area contributed by atoms with Gasteiger partial charge in [0.25, 0.3) is 5.91 Å². The van der Waals surface area contributed by atoms with Crippen LogP contribution in [0.1, 0.15) is 74.6 Å². The van der Waals surface area contributed by atoms with E-state index in [1.807, 2.05) is 13.8 Å². The molecule has 188 valence electrons. The molecule has 8 nitrogen and oxygen atoms in total. The molecular formula is C25H35FN3NaO5. The van der Waals surface area contributed by atoms with Crippen LogP contribution in [0, 0.1) is 11.7 Å². The van der Waals surface area contributed by atoms with E-state index < -0.39 is 30.4 Å². The van der Waals surface area contributed by atoms with Crippen molar-refractivity contribution in [1.82, 2.24) is 15.1 Å². The van der Waals surface area contributed by atoms with Crippen LogP contribution in [0.25, 0.3) is 11.8 Å². The Labute approximate surface area is 227 Å². The molecule has 0 bridgehead atoms. The Morgan fingerprint density at radius 2 is 1.77 bits per heavy atom. The Morgan fingerprint density at radius 3 is 2.31 bits per heavy atom. The number of carboxylic acids is 1. The van der Waals surface area contributed by atoms with Gasteiger partial charge in [-0.3, -0.25) is 9.59 Å². The summed E-state index contributed by atoms with van der Waals surface area (Å²) in [5, 5.41) is 36.3. The second-order valence-corrected chi connectivity index (χ2v) is 9.04. The van der Waals surface area contributed by atoms with Crippen LogP contribution in [-0.4, -0.2) is 85.3 Å². The second kappa shape index (κ2) is 14.5. The van der Waals surface area contributed by atoms with Crippen molar-refractivity contribution in [3.05, 3.63) is 53.1 Å². The van der Waals surface area contributed by atoms with Crippen molar-refractivity contribution in [1.29, 1.82) is 0 Å². The van der Waals surface area contributed by atoms with Crippen LogP contribution in [0.5, 0.6) is 0 Å². The van der Waals surface area contributed by atoms with Crippen molar-refractivity contribution in [2.24, 2.45) is 5.92 Å². The second-order valence-electron chi connectivity index (χ2n) is 9.04. The predicted octanol–water partition coefficient (Wildman–Crippen LogP) is 2.86. The molecule has 0 spiro atoms. The monoisotopic (exact) mass is 499 g/mol. The number of nitrogens with zero attached hydrogens (tertiary/aromatic N) is 2. The molecule has 0 unspecified atom stereocenters. The van der Waals surface area contributed by atoms with Gasteiger partial charge in [-0.15, -0.1) is 0 Å². The number of rotatable bonds is 12. The normalized spacial score (nSPS) is 13.2. The molecule has 0 aliphatic carbocycles. The van der Waals surface area contributed by atoms with Crippen molar-refractivity contribution in [3.8, 4) is 5.69 Å². The van der Waals surface area contributed by atoms with E-state index in [0.717, 1.165) is 6.42 Å². The van der Waals surface area contributed by atoms with Crippen LogP contribution in [0.4, 0.5) is 4.39 Å². The fourth-order valence-corrected chi connectivity index (χ4v) is 3.52. The topological polar surface area (TPSA) is 125 Å². The van der Waals surface area contributed by atoms with Gasteiger partial charge in [-0.05, 0) is 48.6 Å². The van der Waals surface area contributed by atoms with Gasteiger partial charge in [0.05, 0.1) is 30.0 Å². The van der Waals surface area contributed by atoms with Crippen molar-refractivity contribution in [2.75, 3.05) is 6.54 Å². The zero-order valence-corrected chi connectivity index (χ0v) is 20.0. The SMILES string of the molecule is CC(C)CCNC(=O)c1nn(-c2ccc(F)cc2)c(/C=C/[C@H](O)C[C@@H](O)CC(=O)O)c1C(C)C.[NaH]. The van der Waals surface area contributed by atoms with Crippen LogP contribution in [0.15, 0.2) is 30.3 Å². The summed E-state index contributed by atoms with van der Waals surface area (Å²) >= 11 is 0. The number of carbonyl (C=O) groups is 2. The molecule has 2 aromatic rings. The minimum atomic E-state index is -1.20. The number of halogens is 1. The zero-order chi connectivity index (χ0) is 25.4. The minimum absolute atomic E-state index is 0. The van der Waals surface area contributed by atoms with Gasteiger partial charge < -0.3 is 20.6 Å². The number of amides is 1. The summed E-state index contributed by atoms with van der Waals surface area (Å²) in [7, 11) is 0. The molecule has 1 amide bonds. The number of aliphatic hydroxyl groups is 2. The van der Waals surface area contributed by atoms with Gasteiger partial charge in [0.2, 0.25) is 0 Å². The van der Waals surface area contributed by atoms with Gasteiger partial charge in [-0.2, -0.15) is 5.10 Å². The number of nitrogens with one attached hydrogen (secondary N) is 1. The molecule has 0 fully saturated rings. The van der Waals surface area contributed by atoms with E-state index >= 15 is 0 Å². The zero-order valence-electron chi connectivity index (χ0n) is 20.0. The van der Waals surface area contributed by atoms with E-state index in [2.05, 4.69) is 24.3 Å². The van der Waals surface area contributed by atoms with E-state index in [9.17, 15) is 24.2 Å². The molecule has 1 aromatic carbocycles. The first-order chi connectivity index (χ1) is 16.0. The van der Waals surface area contributed by atoms with Crippen molar-refractivity contribution in [2.45, 2.75) is 65.1 Å². The Morgan fingerprint density at radius 1 is 1.14 bits per heavy atom. The Balaban J connectivity index is 0.00000612. The molecule has 2 atom stereocenters. The Kier molecular flexibility index (Phi) is 12.8. The summed E-state index contributed by atoms with van der Waals surface area (Å²) in [6.07, 6.45) is 0.881. The molecule has 1 aromatic heterocycles. The number of carbonyl (C=O) groups excluding carboxylic acids is 1. The van der Waals surface area contributed by atoms with Gasteiger partial charge in [-0.25, -0.2) is 9.07 Å². The molecule has 10 heteroatoms. The molecule has 0 aliphatic heterocycles. The number of hydrogen-bond acceptors (Lipinski definition) is 5. The Hall–Kier alpha value is -2.04. The average Bonchev–Trinajstić information content (AvgIpc) is 3.11. The first kappa shape index (κ1) is 31.0. The average molecular weight is 500 g/mol. The van der Waals surface area contributed by atoms with E-state index in [0.29, 0.717) is 29.4 Å². The summed E-state index contributed by atoms with van der Waals surface area (Å²) in [5.74, 6) is -1.57. The van der Waals surface area contributed by atoms with E-state index in [-0.39, 0.29) is 53.5 Å². The number of benzene rings is 1. The number of hydrogen-bond donors (Lipinski definition) is 4. The quantitative estimate of drug-likeness (QED) is 0.333. The third kappa shape index (κ3) is 9.50. The molecule has 1 heterocycles. The number of aliphatic hydroxyl groups excluding tert-OH is 2. The predicted molar refractivity (Wildman–Crippen MR) is 134 cm³/mol. The Bertz CT molecular complexity index is 1010. The van der Waals surface area contributed by atoms with Crippen LogP contribution >= 0.6 is 0 Å². The van der Waals surface area contributed by atoms with Gasteiger partial charge >= 0.3 is 35.5 Å². The van der Waals surface area contributed by atoms with Crippen LogP contribution in [0.2, 0.25) is 0 Å². The van der Waals surface area contributed by atoms with Crippen molar-refractivity contribution in [3.63, 3.8) is 0 Å². The van der Waals surface area contributed by atoms with Gasteiger partial charge in [-0.1, -0.05) is 33.8 Å². The van der Waals surface area contributed by atoms with Crippen LogP contribution in [0.3, 0.4) is 0 Å². The summed E-state index contributed by atoms with van der Waals surface area (Å²) < 4.78 is 15.0. The summed E-state index contributed by atoms with van der Waals surface area (Å²) in [6.45, 7) is 8.47. The molecule has 0 aliphatic rings. The first-order valence-electron chi connectivity index (χ1n) is 11.4. The molecular weight excluding hydrogens is 464 g/mol. The van der Waals surface area contributed by atoms with E-state index in [4.69, 9.17) is 5.11 Å². The summed E-state index contributed by atoms with van der Waals surface area (Å²) in [4.78, 5) is 23.7. The van der Waals surface area contributed by atoms with Crippen LogP contribution < -0.4 is 5.32 Å². The number of carboxylic acid groups (broad SMARTS) is 1. The molecule has 2 rings (SSSR count). The maximum absolute atomic E-state index is 13.5. The molecule has 0 saturated heterocycles. The van der Waals surface area contributed by atoms with Crippen LogP contribution in [-0.2, 0) is 4.79 Å². The van der Waals surface area contributed by atoms with Gasteiger partial charge in [0.15, 0.2) is 5.69 Å². The van der Waals surface area contributed by atoms with Gasteiger partial charge in [0, 0.05) is 18.5 Å². The fourth-order valence-electron chi connectivity index (χ4n) is 3.52. The molecule has 35 heavy (non-hydrogen) atoms. The van der Waals surface area contributed by atoms with Crippen molar-refractivity contribution >= 4 is 47.5 Å². The number of aromatic nitrogens is 2. The summed E-state index contributed by atoms with van der Waals surface area (Å²) in [6, 6.07) is 5.66. The third-order valence-electron chi connectivity index (χ3n) is 5.23. The standard InChI is InChI=1S/C25H34FN3O5.Na.H/c1-15(2)11-12-27-25(34)24-23(16(3)4)21(10-9-19(30)13-20(31)14-22(32)33)29(28-24)18-7-5-17(26)6-8-18;;/h5-10,15-16,19-20,30-31H,11-14H2,1-4H3,(H,27,34)(H,32,33);;/b10-9+;;/t19-,20+;;/m0../s1. The molecule has 4 N–H and O–H groups in total. The third-order valence-corrected chi connectivity index (χ3v) is 5.23. The summed E-state index contributed by atoms with van der Waals surface area (Å²) in [5.41, 5.74) is 1.95. The number of aliphatic carboxylic acids is 1. The van der Waals surface area contributed by atoms with E-state index in [1.165, 1.54) is 35.0 Å². The molecule has 0 saturated carbocycles. The molecule has 0 radical (unpaired) electrons.